The van der Waals surface area contributed by atoms with Gasteiger partial charge >= 0.3 is 0 Å². The lowest BCUT2D eigenvalue weighted by atomic mass is 9.80. The number of benzene rings is 1. The Bertz CT molecular complexity index is 1170. The second kappa shape index (κ2) is 7.35. The van der Waals surface area contributed by atoms with Crippen molar-refractivity contribution >= 4 is 22.8 Å². The highest BCUT2D eigenvalue weighted by molar-refractivity contribution is 5.93. The van der Waals surface area contributed by atoms with E-state index < -0.39 is 0 Å². The van der Waals surface area contributed by atoms with Crippen LogP contribution >= 0.6 is 0 Å². The van der Waals surface area contributed by atoms with E-state index in [1.807, 2.05) is 18.3 Å². The topological polar surface area (TPSA) is 71.5 Å². The number of ether oxygens (including phenoxy) is 1. The lowest BCUT2D eigenvalue weighted by Gasteiger charge is -2.35. The molecule has 31 heavy (non-hydrogen) atoms. The number of carbonyl (C=O) groups is 1. The van der Waals surface area contributed by atoms with Crippen molar-refractivity contribution in [1.29, 1.82) is 0 Å². The second-order valence-corrected chi connectivity index (χ2v) is 8.92. The molecular formula is C24H25N5O2. The fraction of sp³-hybridized carbons (Fsp3) is 0.417. The maximum Gasteiger partial charge on any atom is 0.232 e. The first-order valence-electron chi connectivity index (χ1n) is 11.0. The van der Waals surface area contributed by atoms with E-state index in [-0.39, 0.29) is 11.3 Å². The van der Waals surface area contributed by atoms with Crippen LogP contribution in [0.4, 0.5) is 5.95 Å². The average Bonchev–Trinajstić information content (AvgIpc) is 3.40. The summed E-state index contributed by atoms with van der Waals surface area (Å²) >= 11 is 0. The summed E-state index contributed by atoms with van der Waals surface area (Å²) in [6, 6.07) is 12.5. The number of pyridine rings is 1. The van der Waals surface area contributed by atoms with Gasteiger partial charge in [-0.2, -0.15) is 0 Å². The van der Waals surface area contributed by atoms with Crippen LogP contribution in [0.3, 0.4) is 0 Å². The zero-order valence-corrected chi connectivity index (χ0v) is 17.5. The molecule has 7 nitrogen and oxygen atoms in total. The van der Waals surface area contributed by atoms with Crippen LogP contribution in [0.25, 0.3) is 10.9 Å². The molecular weight excluding hydrogens is 390 g/mol. The van der Waals surface area contributed by atoms with Gasteiger partial charge in [-0.3, -0.25) is 19.6 Å². The van der Waals surface area contributed by atoms with Gasteiger partial charge < -0.3 is 4.74 Å². The number of hydrogen-bond donors (Lipinski definition) is 0. The minimum atomic E-state index is -0.148. The molecule has 6 rings (SSSR count). The van der Waals surface area contributed by atoms with Crippen molar-refractivity contribution in [2.24, 2.45) is 0 Å². The van der Waals surface area contributed by atoms with Crippen molar-refractivity contribution in [2.75, 3.05) is 31.1 Å². The molecule has 3 aliphatic heterocycles. The largest absolute Gasteiger partial charge is 0.376 e. The highest BCUT2D eigenvalue weighted by Gasteiger charge is 2.45. The molecule has 0 bridgehead atoms. The third-order valence-electron chi connectivity index (χ3n) is 6.78. The van der Waals surface area contributed by atoms with Crippen LogP contribution in [0.15, 0.2) is 42.6 Å². The first-order chi connectivity index (χ1) is 15.2. The third kappa shape index (κ3) is 3.28. The second-order valence-electron chi connectivity index (χ2n) is 8.92. The standard InChI is InChI=1S/C24H25N5O2/c30-21-6-3-10-29(21)23-25-12-18-14-31-16-24(22(18)27-23)9-11-28(15-24)13-19-8-7-17-4-1-2-5-20(17)26-19/h1-2,4-5,7-8,12H,3,6,9-11,13-16H2. The Morgan fingerprint density at radius 3 is 2.94 bits per heavy atom. The molecule has 1 unspecified atom stereocenters. The first-order valence-corrected chi connectivity index (χ1v) is 11.0. The molecule has 1 amide bonds. The molecule has 7 heteroatoms. The van der Waals surface area contributed by atoms with Gasteiger partial charge in [0.25, 0.3) is 0 Å². The minimum Gasteiger partial charge on any atom is -0.376 e. The van der Waals surface area contributed by atoms with E-state index in [0.29, 0.717) is 32.1 Å². The number of para-hydroxylation sites is 1. The van der Waals surface area contributed by atoms with Crippen molar-refractivity contribution in [1.82, 2.24) is 19.9 Å². The lowest BCUT2D eigenvalue weighted by Crippen LogP contribution is -2.41. The number of fused-ring (bicyclic) bond motifs is 3. The smallest absolute Gasteiger partial charge is 0.232 e. The van der Waals surface area contributed by atoms with Gasteiger partial charge in [0.1, 0.15) is 0 Å². The molecule has 158 valence electrons. The Balaban J connectivity index is 1.27. The fourth-order valence-corrected chi connectivity index (χ4v) is 5.21. The molecule has 0 saturated carbocycles. The molecule has 2 aromatic heterocycles. The molecule has 5 heterocycles. The number of carbonyl (C=O) groups excluding carboxylic acids is 1. The van der Waals surface area contributed by atoms with Crippen molar-refractivity contribution < 1.29 is 9.53 Å². The van der Waals surface area contributed by atoms with Crippen LogP contribution in [0, 0.1) is 0 Å². The normalized spacial score (nSPS) is 23.7. The van der Waals surface area contributed by atoms with Gasteiger partial charge in [-0.15, -0.1) is 0 Å². The molecule has 0 N–H and O–H groups in total. The van der Waals surface area contributed by atoms with Gasteiger partial charge in [0, 0.05) is 43.2 Å². The summed E-state index contributed by atoms with van der Waals surface area (Å²) in [6.45, 7) is 4.56. The van der Waals surface area contributed by atoms with Crippen LogP contribution in [0.5, 0.6) is 0 Å². The fourth-order valence-electron chi connectivity index (χ4n) is 5.21. The van der Waals surface area contributed by atoms with Crippen LogP contribution in [0.2, 0.25) is 0 Å². The summed E-state index contributed by atoms with van der Waals surface area (Å²) in [7, 11) is 0. The Hall–Kier alpha value is -2.90. The Kier molecular flexibility index (Phi) is 4.47. The number of anilines is 1. The van der Waals surface area contributed by atoms with Crippen molar-refractivity contribution in [3.05, 3.63) is 59.5 Å². The molecule has 1 spiro atoms. The highest BCUT2D eigenvalue weighted by atomic mass is 16.5. The maximum atomic E-state index is 12.2. The number of amides is 1. The predicted octanol–water partition coefficient (Wildman–Crippen LogP) is 2.83. The molecule has 3 aromatic rings. The van der Waals surface area contributed by atoms with Crippen LogP contribution < -0.4 is 4.90 Å². The maximum absolute atomic E-state index is 12.2. The summed E-state index contributed by atoms with van der Waals surface area (Å²) in [5, 5.41) is 1.17. The Labute approximate surface area is 181 Å². The van der Waals surface area contributed by atoms with Crippen LogP contribution in [-0.2, 0) is 28.1 Å². The van der Waals surface area contributed by atoms with E-state index in [1.54, 1.807) is 4.90 Å². The summed E-state index contributed by atoms with van der Waals surface area (Å²) in [6.07, 6.45) is 4.30. The van der Waals surface area contributed by atoms with Crippen LogP contribution in [0.1, 0.15) is 36.2 Å². The predicted molar refractivity (Wildman–Crippen MR) is 117 cm³/mol. The van der Waals surface area contributed by atoms with E-state index in [9.17, 15) is 4.79 Å². The number of likely N-dealkylation sites (tertiary alicyclic amines) is 1. The van der Waals surface area contributed by atoms with Gasteiger partial charge in [-0.05, 0) is 31.5 Å². The first kappa shape index (κ1) is 18.8. The minimum absolute atomic E-state index is 0.122. The van der Waals surface area contributed by atoms with E-state index in [4.69, 9.17) is 14.7 Å². The number of aromatic nitrogens is 3. The number of rotatable bonds is 3. The summed E-state index contributed by atoms with van der Waals surface area (Å²) in [5.41, 5.74) is 4.08. The monoisotopic (exact) mass is 415 g/mol. The Morgan fingerprint density at radius 2 is 2.03 bits per heavy atom. The molecule has 0 radical (unpaired) electrons. The molecule has 1 aromatic carbocycles. The van der Waals surface area contributed by atoms with E-state index >= 15 is 0 Å². The molecule has 1 atom stereocenters. The Morgan fingerprint density at radius 1 is 1.10 bits per heavy atom. The quantitative estimate of drug-likeness (QED) is 0.655. The van der Waals surface area contributed by atoms with Crippen LogP contribution in [-0.4, -0.2) is 52.0 Å². The zero-order chi connectivity index (χ0) is 20.8. The van der Waals surface area contributed by atoms with Crippen molar-refractivity contribution in [2.45, 2.75) is 37.8 Å². The number of hydrogen-bond acceptors (Lipinski definition) is 6. The SMILES string of the molecule is O=C1CCCN1c1ncc2c(n1)C1(CCN(Cc3ccc4ccccc4n3)C1)COC2. The molecule has 3 aliphatic rings. The van der Waals surface area contributed by atoms with Gasteiger partial charge in [-0.1, -0.05) is 24.3 Å². The average molecular weight is 415 g/mol. The van der Waals surface area contributed by atoms with Gasteiger partial charge in [0.2, 0.25) is 11.9 Å². The zero-order valence-electron chi connectivity index (χ0n) is 17.5. The summed E-state index contributed by atoms with van der Waals surface area (Å²) in [5.74, 6) is 0.675. The van der Waals surface area contributed by atoms with E-state index in [2.05, 4.69) is 34.1 Å². The molecule has 0 aliphatic carbocycles. The van der Waals surface area contributed by atoms with Crippen molar-refractivity contribution in [3.8, 4) is 0 Å². The van der Waals surface area contributed by atoms with Gasteiger partial charge in [0.05, 0.1) is 35.5 Å². The van der Waals surface area contributed by atoms with E-state index in [1.165, 1.54) is 5.39 Å². The summed E-state index contributed by atoms with van der Waals surface area (Å²) in [4.78, 5) is 30.7. The lowest BCUT2D eigenvalue weighted by molar-refractivity contribution is -0.117. The van der Waals surface area contributed by atoms with E-state index in [0.717, 1.165) is 54.9 Å². The van der Waals surface area contributed by atoms with Gasteiger partial charge in [0.15, 0.2) is 0 Å². The molecule has 2 fully saturated rings. The highest BCUT2D eigenvalue weighted by Crippen LogP contribution is 2.40. The third-order valence-corrected chi connectivity index (χ3v) is 6.78. The van der Waals surface area contributed by atoms with Crippen molar-refractivity contribution in [3.63, 3.8) is 0 Å². The summed E-state index contributed by atoms with van der Waals surface area (Å²) < 4.78 is 5.97. The molecule has 2 saturated heterocycles. The number of nitrogens with zero attached hydrogens (tertiary/aromatic N) is 5. The van der Waals surface area contributed by atoms with Gasteiger partial charge in [-0.25, -0.2) is 9.97 Å².